The fraction of sp³-hybridized carbons (Fsp3) is 0.364. The van der Waals surface area contributed by atoms with Crippen molar-refractivity contribution in [2.75, 3.05) is 25.1 Å². The predicted octanol–water partition coefficient (Wildman–Crippen LogP) is 3.80. The maximum absolute atomic E-state index is 13.1. The van der Waals surface area contributed by atoms with Gasteiger partial charge in [0.2, 0.25) is 5.91 Å². The van der Waals surface area contributed by atoms with E-state index in [4.69, 9.17) is 4.74 Å². The topological polar surface area (TPSA) is 49.9 Å². The van der Waals surface area contributed by atoms with Gasteiger partial charge in [0.15, 0.2) is 0 Å². The molecule has 0 aromatic heterocycles. The maximum atomic E-state index is 13.1. The maximum Gasteiger partial charge on any atom is 0.254 e. The first-order valence-corrected chi connectivity index (χ1v) is 9.53. The molecule has 2 aromatic carbocycles. The Morgan fingerprint density at radius 3 is 2.37 bits per heavy atom. The van der Waals surface area contributed by atoms with Crippen molar-refractivity contribution in [1.82, 2.24) is 4.90 Å². The van der Waals surface area contributed by atoms with Crippen molar-refractivity contribution in [2.45, 2.75) is 31.7 Å². The van der Waals surface area contributed by atoms with Crippen molar-refractivity contribution in [1.29, 1.82) is 0 Å². The van der Waals surface area contributed by atoms with E-state index < -0.39 is 0 Å². The Labute approximate surface area is 159 Å². The van der Waals surface area contributed by atoms with Crippen molar-refractivity contribution >= 4 is 17.5 Å². The zero-order valence-electron chi connectivity index (χ0n) is 15.6. The van der Waals surface area contributed by atoms with Gasteiger partial charge in [-0.05, 0) is 61.2 Å². The molecule has 0 bridgehead atoms. The van der Waals surface area contributed by atoms with Crippen LogP contribution in [0.1, 0.15) is 47.6 Å². The van der Waals surface area contributed by atoms with Gasteiger partial charge in [-0.1, -0.05) is 12.1 Å². The minimum Gasteiger partial charge on any atom is -0.497 e. The van der Waals surface area contributed by atoms with E-state index in [1.165, 1.54) is 0 Å². The van der Waals surface area contributed by atoms with Gasteiger partial charge in [0.25, 0.3) is 5.91 Å². The molecule has 2 aromatic rings. The molecule has 0 radical (unpaired) electrons. The first-order chi connectivity index (χ1) is 13.2. The van der Waals surface area contributed by atoms with Gasteiger partial charge in [-0.3, -0.25) is 9.59 Å². The van der Waals surface area contributed by atoms with Gasteiger partial charge in [-0.25, -0.2) is 0 Å². The lowest BCUT2D eigenvalue weighted by molar-refractivity contribution is -0.117. The molecule has 2 aliphatic heterocycles. The van der Waals surface area contributed by atoms with Gasteiger partial charge in [0.05, 0.1) is 13.2 Å². The lowest BCUT2D eigenvalue weighted by atomic mass is 10.0. The van der Waals surface area contributed by atoms with Crippen LogP contribution < -0.4 is 9.64 Å². The molecule has 2 fully saturated rings. The molecule has 140 valence electrons. The van der Waals surface area contributed by atoms with Crippen LogP contribution in [0.3, 0.4) is 0 Å². The lowest BCUT2D eigenvalue weighted by Crippen LogP contribution is -2.30. The van der Waals surface area contributed by atoms with Crippen molar-refractivity contribution in [3.63, 3.8) is 0 Å². The summed E-state index contributed by atoms with van der Waals surface area (Å²) in [5.74, 6) is 1.03. The third-order valence-electron chi connectivity index (χ3n) is 5.51. The summed E-state index contributed by atoms with van der Waals surface area (Å²) in [6.45, 7) is 1.53. The number of methoxy groups -OCH3 is 1. The molecule has 0 spiro atoms. The molecule has 4 rings (SSSR count). The Bertz CT molecular complexity index is 830. The van der Waals surface area contributed by atoms with E-state index in [1.807, 2.05) is 53.4 Å². The standard InChI is InChI=1S/C22H24N2O3/c1-27-19-12-8-16(9-13-19)20-4-2-15-24(20)22(26)17-6-10-18(11-7-17)23-14-3-5-21(23)25/h6-13,20H,2-5,14-15H2,1H3. The fourth-order valence-electron chi connectivity index (χ4n) is 4.05. The predicted molar refractivity (Wildman–Crippen MR) is 104 cm³/mol. The number of benzene rings is 2. The van der Waals surface area contributed by atoms with Crippen molar-refractivity contribution < 1.29 is 14.3 Å². The Hall–Kier alpha value is -2.82. The lowest BCUT2D eigenvalue weighted by Gasteiger charge is -2.25. The quantitative estimate of drug-likeness (QED) is 0.829. The summed E-state index contributed by atoms with van der Waals surface area (Å²) in [5.41, 5.74) is 2.69. The molecule has 1 atom stereocenters. The zero-order chi connectivity index (χ0) is 18.8. The molecule has 5 heteroatoms. The Morgan fingerprint density at radius 2 is 1.74 bits per heavy atom. The second-order valence-corrected chi connectivity index (χ2v) is 7.13. The van der Waals surface area contributed by atoms with Crippen LogP contribution in [0, 0.1) is 0 Å². The van der Waals surface area contributed by atoms with Crippen LogP contribution in [-0.4, -0.2) is 36.9 Å². The second-order valence-electron chi connectivity index (χ2n) is 7.13. The van der Waals surface area contributed by atoms with E-state index >= 15 is 0 Å². The van der Waals surface area contributed by atoms with Crippen molar-refractivity contribution in [2.24, 2.45) is 0 Å². The summed E-state index contributed by atoms with van der Waals surface area (Å²) in [4.78, 5) is 28.7. The Morgan fingerprint density at radius 1 is 1.00 bits per heavy atom. The highest BCUT2D eigenvalue weighted by atomic mass is 16.5. The van der Waals surface area contributed by atoms with Gasteiger partial charge in [0, 0.05) is 30.8 Å². The van der Waals surface area contributed by atoms with E-state index in [0.29, 0.717) is 12.0 Å². The van der Waals surface area contributed by atoms with E-state index in [9.17, 15) is 9.59 Å². The third-order valence-corrected chi connectivity index (χ3v) is 5.51. The number of nitrogens with zero attached hydrogens (tertiary/aromatic N) is 2. The summed E-state index contributed by atoms with van der Waals surface area (Å²) < 4.78 is 5.23. The minimum absolute atomic E-state index is 0.0487. The van der Waals surface area contributed by atoms with E-state index in [-0.39, 0.29) is 17.9 Å². The normalized spacial score (nSPS) is 19.6. The number of ether oxygens (including phenoxy) is 1. The molecular formula is C22H24N2O3. The van der Waals surface area contributed by atoms with Crippen LogP contribution in [-0.2, 0) is 4.79 Å². The molecular weight excluding hydrogens is 340 g/mol. The molecule has 27 heavy (non-hydrogen) atoms. The molecule has 5 nitrogen and oxygen atoms in total. The van der Waals surface area contributed by atoms with Crippen LogP contribution in [0.15, 0.2) is 48.5 Å². The molecule has 0 N–H and O–H groups in total. The molecule has 2 amide bonds. The molecule has 2 aliphatic rings. The molecule has 1 unspecified atom stereocenters. The summed E-state index contributed by atoms with van der Waals surface area (Å²) in [5, 5.41) is 0. The number of anilines is 1. The van der Waals surface area contributed by atoms with Crippen LogP contribution >= 0.6 is 0 Å². The average molecular weight is 364 g/mol. The summed E-state index contributed by atoms with van der Waals surface area (Å²) >= 11 is 0. The van der Waals surface area contributed by atoms with Gasteiger partial charge < -0.3 is 14.5 Å². The first kappa shape index (κ1) is 17.6. The highest BCUT2D eigenvalue weighted by Crippen LogP contribution is 2.34. The Balaban J connectivity index is 1.51. The van der Waals surface area contributed by atoms with Crippen molar-refractivity contribution in [3.8, 4) is 5.75 Å². The molecule has 0 aliphatic carbocycles. The highest BCUT2D eigenvalue weighted by Gasteiger charge is 2.31. The fourth-order valence-corrected chi connectivity index (χ4v) is 4.05. The third kappa shape index (κ3) is 3.42. The van der Waals surface area contributed by atoms with Gasteiger partial charge in [-0.15, -0.1) is 0 Å². The molecule has 2 saturated heterocycles. The summed E-state index contributed by atoms with van der Waals surface area (Å²) in [6, 6.07) is 15.5. The smallest absolute Gasteiger partial charge is 0.254 e. The number of rotatable bonds is 4. The number of amides is 2. The van der Waals surface area contributed by atoms with Gasteiger partial charge >= 0.3 is 0 Å². The number of carbonyl (C=O) groups excluding carboxylic acids is 2. The van der Waals surface area contributed by atoms with Crippen LogP contribution in [0.5, 0.6) is 5.75 Å². The van der Waals surface area contributed by atoms with Crippen LogP contribution in [0.25, 0.3) is 0 Å². The summed E-state index contributed by atoms with van der Waals surface area (Å²) in [6.07, 6.45) is 3.48. The molecule has 2 heterocycles. The number of hydrogen-bond acceptors (Lipinski definition) is 3. The SMILES string of the molecule is COc1ccc(C2CCCN2C(=O)c2ccc(N3CCCC3=O)cc2)cc1. The van der Waals surface area contributed by atoms with E-state index in [2.05, 4.69) is 0 Å². The minimum atomic E-state index is 0.0487. The second kappa shape index (κ2) is 7.43. The average Bonchev–Trinajstić information content (AvgIpc) is 3.37. The summed E-state index contributed by atoms with van der Waals surface area (Å²) in [7, 11) is 1.65. The number of hydrogen-bond donors (Lipinski definition) is 0. The first-order valence-electron chi connectivity index (χ1n) is 9.53. The van der Waals surface area contributed by atoms with Crippen LogP contribution in [0.2, 0.25) is 0 Å². The largest absolute Gasteiger partial charge is 0.497 e. The number of likely N-dealkylation sites (tertiary alicyclic amines) is 1. The zero-order valence-corrected chi connectivity index (χ0v) is 15.6. The van der Waals surface area contributed by atoms with E-state index in [1.54, 1.807) is 12.0 Å². The molecule has 0 saturated carbocycles. The Kier molecular flexibility index (Phi) is 4.84. The highest BCUT2D eigenvalue weighted by molar-refractivity contribution is 5.97. The van der Waals surface area contributed by atoms with Gasteiger partial charge in [0.1, 0.15) is 5.75 Å². The van der Waals surface area contributed by atoms with Gasteiger partial charge in [-0.2, -0.15) is 0 Å². The number of carbonyl (C=O) groups is 2. The van der Waals surface area contributed by atoms with Crippen molar-refractivity contribution in [3.05, 3.63) is 59.7 Å². The monoisotopic (exact) mass is 364 g/mol. The van der Waals surface area contributed by atoms with Crippen LogP contribution in [0.4, 0.5) is 5.69 Å². The van der Waals surface area contributed by atoms with E-state index in [0.717, 1.165) is 49.4 Å².